The van der Waals surface area contributed by atoms with Gasteiger partial charge in [0.05, 0.1) is 48.4 Å². The second-order valence-electron chi connectivity index (χ2n) is 6.85. The fourth-order valence-corrected chi connectivity index (χ4v) is 3.54. The van der Waals surface area contributed by atoms with Gasteiger partial charge in [0.1, 0.15) is 0 Å². The molecule has 1 aliphatic rings. The van der Waals surface area contributed by atoms with Gasteiger partial charge in [-0.15, -0.1) is 0 Å². The first-order valence-electron chi connectivity index (χ1n) is 8.89. The van der Waals surface area contributed by atoms with Crippen molar-refractivity contribution in [3.8, 4) is 0 Å². The van der Waals surface area contributed by atoms with E-state index in [1.54, 1.807) is 6.20 Å². The van der Waals surface area contributed by atoms with Crippen LogP contribution in [0.1, 0.15) is 28.8 Å². The summed E-state index contributed by atoms with van der Waals surface area (Å²) in [6.45, 7) is 5.89. The van der Waals surface area contributed by atoms with E-state index in [0.29, 0.717) is 13.2 Å². The fourth-order valence-electron chi connectivity index (χ4n) is 3.54. The van der Waals surface area contributed by atoms with E-state index in [0.717, 1.165) is 31.0 Å². The Morgan fingerprint density at radius 2 is 2.23 bits per heavy atom. The molecule has 136 valence electrons. The summed E-state index contributed by atoms with van der Waals surface area (Å²) in [6.07, 6.45) is 5.66. The van der Waals surface area contributed by atoms with Crippen LogP contribution in [-0.4, -0.2) is 42.4 Å². The molecule has 1 atom stereocenters. The first kappa shape index (κ1) is 16.9. The van der Waals surface area contributed by atoms with Crippen LogP contribution in [0.15, 0.2) is 43.0 Å². The highest BCUT2D eigenvalue weighted by Crippen LogP contribution is 2.23. The van der Waals surface area contributed by atoms with Gasteiger partial charge in [0, 0.05) is 39.1 Å². The van der Waals surface area contributed by atoms with Crippen molar-refractivity contribution in [2.24, 2.45) is 7.05 Å². The Bertz CT molecular complexity index is 856. The monoisotopic (exact) mass is 352 g/mol. The zero-order valence-corrected chi connectivity index (χ0v) is 15.2. The number of ether oxygens (including phenoxy) is 1. The van der Waals surface area contributed by atoms with Gasteiger partial charge in [0.2, 0.25) is 0 Å². The molecular weight excluding hydrogens is 328 g/mol. The maximum Gasteiger partial charge on any atom is 0.0952 e. The summed E-state index contributed by atoms with van der Waals surface area (Å²) in [5.41, 5.74) is 4.46. The van der Waals surface area contributed by atoms with Gasteiger partial charge in [-0.25, -0.2) is 4.98 Å². The van der Waals surface area contributed by atoms with Crippen molar-refractivity contribution in [1.82, 2.24) is 29.2 Å². The fraction of sp³-hybridized carbons (Fsp3) is 0.421. The molecule has 0 amide bonds. The van der Waals surface area contributed by atoms with Crippen LogP contribution in [0, 0.1) is 6.92 Å². The Morgan fingerprint density at radius 3 is 3.00 bits per heavy atom. The lowest BCUT2D eigenvalue weighted by atomic mass is 10.2. The van der Waals surface area contributed by atoms with Gasteiger partial charge in [0.15, 0.2) is 0 Å². The van der Waals surface area contributed by atoms with Crippen molar-refractivity contribution in [3.63, 3.8) is 0 Å². The number of nitrogens with zero attached hydrogens (tertiary/aromatic N) is 6. The molecule has 0 spiro atoms. The number of rotatable bonds is 6. The minimum atomic E-state index is 0.249. The van der Waals surface area contributed by atoms with Crippen LogP contribution in [0.4, 0.5) is 0 Å². The maximum atomic E-state index is 5.96. The Hall–Kier alpha value is -2.51. The van der Waals surface area contributed by atoms with Crippen LogP contribution in [0.3, 0.4) is 0 Å². The van der Waals surface area contributed by atoms with E-state index in [4.69, 9.17) is 4.74 Å². The predicted molar refractivity (Wildman–Crippen MR) is 97.2 cm³/mol. The van der Waals surface area contributed by atoms with Crippen LogP contribution >= 0.6 is 0 Å². The van der Waals surface area contributed by atoms with Crippen LogP contribution in [0.5, 0.6) is 0 Å². The van der Waals surface area contributed by atoms with Gasteiger partial charge >= 0.3 is 0 Å². The molecule has 7 heteroatoms. The van der Waals surface area contributed by atoms with Gasteiger partial charge in [-0.05, 0) is 25.1 Å². The normalized spacial score (nSPS) is 17.4. The lowest BCUT2D eigenvalue weighted by molar-refractivity contribution is 0.0567. The molecule has 3 aromatic heterocycles. The van der Waals surface area contributed by atoms with Crippen molar-refractivity contribution in [1.29, 1.82) is 0 Å². The average Bonchev–Trinajstić information content (AvgIpc) is 3.22. The molecule has 1 aliphatic heterocycles. The van der Waals surface area contributed by atoms with Gasteiger partial charge in [0.25, 0.3) is 0 Å². The van der Waals surface area contributed by atoms with Gasteiger partial charge < -0.3 is 9.30 Å². The molecule has 0 saturated heterocycles. The second kappa shape index (κ2) is 7.39. The molecule has 7 nitrogen and oxygen atoms in total. The molecule has 0 radical (unpaired) electrons. The summed E-state index contributed by atoms with van der Waals surface area (Å²) in [7, 11) is 2.00. The quantitative estimate of drug-likeness (QED) is 0.680. The summed E-state index contributed by atoms with van der Waals surface area (Å²) >= 11 is 0. The number of fused-ring (bicyclic) bond motifs is 1. The van der Waals surface area contributed by atoms with Gasteiger partial charge in [-0.2, -0.15) is 5.10 Å². The summed E-state index contributed by atoms with van der Waals surface area (Å²) < 4.78 is 10.2. The molecule has 0 unspecified atom stereocenters. The molecule has 0 aromatic carbocycles. The number of aromatic nitrogens is 5. The van der Waals surface area contributed by atoms with Crippen molar-refractivity contribution in [2.75, 3.05) is 13.2 Å². The number of hydrogen-bond acceptors (Lipinski definition) is 5. The first-order chi connectivity index (χ1) is 12.7. The number of aryl methyl sites for hydroxylation is 2. The molecule has 4 heterocycles. The van der Waals surface area contributed by atoms with Crippen LogP contribution < -0.4 is 0 Å². The molecule has 0 bridgehead atoms. The lowest BCUT2D eigenvalue weighted by Gasteiger charge is -2.34. The Balaban J connectivity index is 1.42. The highest BCUT2D eigenvalue weighted by molar-refractivity contribution is 5.10. The van der Waals surface area contributed by atoms with Crippen molar-refractivity contribution >= 4 is 0 Å². The summed E-state index contributed by atoms with van der Waals surface area (Å²) in [6, 6.07) is 8.29. The predicted octanol–water partition coefficient (Wildman–Crippen LogP) is 2.09. The Kier molecular flexibility index (Phi) is 4.81. The topological polar surface area (TPSA) is 61.0 Å². The maximum absolute atomic E-state index is 5.96. The number of pyridine rings is 1. The van der Waals surface area contributed by atoms with Crippen molar-refractivity contribution in [3.05, 3.63) is 65.8 Å². The molecule has 3 aromatic rings. The largest absolute Gasteiger partial charge is 0.373 e. The van der Waals surface area contributed by atoms with Crippen LogP contribution in [-0.2, 0) is 31.5 Å². The minimum absolute atomic E-state index is 0.249. The average molecular weight is 352 g/mol. The zero-order chi connectivity index (χ0) is 17.9. The third kappa shape index (κ3) is 3.68. The van der Waals surface area contributed by atoms with Crippen LogP contribution in [0.25, 0.3) is 0 Å². The third-order valence-electron chi connectivity index (χ3n) is 4.77. The SMILES string of the molecule is Cc1cc(CN2Cc3cncn3[C@H](COCc3ccccn3)C2)n(C)n1. The second-order valence-corrected chi connectivity index (χ2v) is 6.85. The van der Waals surface area contributed by atoms with Crippen molar-refractivity contribution in [2.45, 2.75) is 32.7 Å². The minimum Gasteiger partial charge on any atom is -0.373 e. The summed E-state index contributed by atoms with van der Waals surface area (Å²) in [5, 5.41) is 4.45. The van der Waals surface area contributed by atoms with E-state index in [1.807, 2.05) is 49.4 Å². The van der Waals surface area contributed by atoms with E-state index >= 15 is 0 Å². The smallest absolute Gasteiger partial charge is 0.0952 e. The van der Waals surface area contributed by atoms with Gasteiger partial charge in [-0.1, -0.05) is 6.07 Å². The third-order valence-corrected chi connectivity index (χ3v) is 4.77. The zero-order valence-electron chi connectivity index (χ0n) is 15.2. The van der Waals surface area contributed by atoms with Crippen LogP contribution in [0.2, 0.25) is 0 Å². The summed E-state index contributed by atoms with van der Waals surface area (Å²) in [5.74, 6) is 0. The van der Waals surface area contributed by atoms with E-state index < -0.39 is 0 Å². The lowest BCUT2D eigenvalue weighted by Crippen LogP contribution is -2.38. The highest BCUT2D eigenvalue weighted by atomic mass is 16.5. The molecule has 0 N–H and O–H groups in total. The molecule has 0 saturated carbocycles. The highest BCUT2D eigenvalue weighted by Gasteiger charge is 2.25. The number of imidazole rings is 1. The molecule has 4 rings (SSSR count). The molecular formula is C19H24N6O. The standard InChI is InChI=1S/C19H24N6O/c1-15-7-17(23(2)22-15)9-24-10-18-8-20-14-25(18)19(11-24)13-26-12-16-5-3-4-6-21-16/h3-8,14,19H,9-13H2,1-2H3/t19-/m0/s1. The number of hydrogen-bond donors (Lipinski definition) is 0. The van der Waals surface area contributed by atoms with Gasteiger partial charge in [-0.3, -0.25) is 14.6 Å². The first-order valence-corrected chi connectivity index (χ1v) is 8.89. The molecule has 26 heavy (non-hydrogen) atoms. The Labute approximate surface area is 153 Å². The van der Waals surface area contributed by atoms with Crippen molar-refractivity contribution < 1.29 is 4.74 Å². The Morgan fingerprint density at radius 1 is 1.31 bits per heavy atom. The molecule has 0 aliphatic carbocycles. The van der Waals surface area contributed by atoms with E-state index in [9.17, 15) is 0 Å². The van der Waals surface area contributed by atoms with E-state index in [2.05, 4.69) is 30.6 Å². The van der Waals surface area contributed by atoms with E-state index in [-0.39, 0.29) is 6.04 Å². The molecule has 0 fully saturated rings. The summed E-state index contributed by atoms with van der Waals surface area (Å²) in [4.78, 5) is 11.1. The van der Waals surface area contributed by atoms with E-state index in [1.165, 1.54) is 11.4 Å².